The average Bonchev–Trinajstić information content (AvgIpc) is 2.06. The van der Waals surface area contributed by atoms with Gasteiger partial charge in [0.05, 0.1) is 0 Å². The molecule has 0 aliphatic carbocycles. The molecule has 0 atom stereocenters. The minimum absolute atomic E-state index is 0.696. The largest absolute Gasteiger partial charge is 0.346 e. The Bertz CT molecular complexity index is 290. The van der Waals surface area contributed by atoms with Crippen molar-refractivity contribution in [2.45, 2.75) is 6.92 Å². The molecule has 12 heavy (non-hydrogen) atoms. The first kappa shape index (κ1) is 8.94. The molecule has 0 bridgehead atoms. The van der Waals surface area contributed by atoms with E-state index < -0.39 is 0 Å². The quantitative estimate of drug-likeness (QED) is 0.550. The molecule has 0 aliphatic heterocycles. The van der Waals surface area contributed by atoms with E-state index in [0.29, 0.717) is 4.99 Å². The number of rotatable bonds is 2. The molecular weight excluding hydrogens is 166 g/mol. The molecule has 0 aliphatic rings. The number of hydrogen-bond acceptors (Lipinski definition) is 1. The Balaban J connectivity index is 2.65. The monoisotopic (exact) mass is 177 g/mol. The van der Waals surface area contributed by atoms with E-state index in [1.807, 2.05) is 37.3 Å². The molecule has 1 aromatic rings. The minimum Gasteiger partial charge on any atom is -0.346 e. The maximum absolute atomic E-state index is 5.05. The first-order chi connectivity index (χ1) is 5.70. The molecule has 0 radical (unpaired) electrons. The van der Waals surface area contributed by atoms with E-state index in [0.717, 1.165) is 11.3 Å². The topological polar surface area (TPSA) is 12.0 Å². The third-order valence-corrected chi connectivity index (χ3v) is 1.87. The number of para-hydroxylation sites is 1. The van der Waals surface area contributed by atoms with Crippen molar-refractivity contribution in [3.8, 4) is 0 Å². The molecule has 62 valence electrons. The Labute approximate surface area is 78.1 Å². The summed E-state index contributed by atoms with van der Waals surface area (Å²) in [7, 11) is 0. The highest BCUT2D eigenvalue weighted by Gasteiger charge is 1.95. The van der Waals surface area contributed by atoms with Crippen LogP contribution in [0.3, 0.4) is 0 Å². The van der Waals surface area contributed by atoms with Gasteiger partial charge in [-0.2, -0.15) is 0 Å². The van der Waals surface area contributed by atoms with Gasteiger partial charge < -0.3 is 5.32 Å². The van der Waals surface area contributed by atoms with Gasteiger partial charge in [-0.3, -0.25) is 0 Å². The molecular formula is C10H11NS. The maximum Gasteiger partial charge on any atom is 0.106 e. The fourth-order valence-corrected chi connectivity index (χ4v) is 0.877. The zero-order valence-corrected chi connectivity index (χ0v) is 7.82. The molecule has 0 spiro atoms. The second kappa shape index (κ2) is 4.02. The third kappa shape index (κ3) is 2.47. The number of nitrogens with one attached hydrogen (secondary N) is 1. The summed E-state index contributed by atoms with van der Waals surface area (Å²) in [5, 5.41) is 3.07. The predicted molar refractivity (Wildman–Crippen MR) is 57.5 cm³/mol. The van der Waals surface area contributed by atoms with Crippen LogP contribution < -0.4 is 5.32 Å². The molecule has 0 fully saturated rings. The molecule has 0 amide bonds. The highest BCUT2D eigenvalue weighted by atomic mass is 32.1. The molecule has 1 nitrogen and oxygen atoms in total. The molecule has 0 heterocycles. The molecule has 2 heteroatoms. The summed E-state index contributed by atoms with van der Waals surface area (Å²) < 4.78 is 0. The van der Waals surface area contributed by atoms with Crippen LogP contribution in [0.25, 0.3) is 0 Å². The van der Waals surface area contributed by atoms with Crippen molar-refractivity contribution in [1.82, 2.24) is 0 Å². The van der Waals surface area contributed by atoms with E-state index in [1.54, 1.807) is 0 Å². The van der Waals surface area contributed by atoms with Gasteiger partial charge in [-0.25, -0.2) is 0 Å². The second-order valence-corrected chi connectivity index (χ2v) is 3.01. The van der Waals surface area contributed by atoms with Crippen LogP contribution in [0.1, 0.15) is 6.92 Å². The summed E-state index contributed by atoms with van der Waals surface area (Å²) in [4.78, 5) is 0.696. The Morgan fingerprint density at radius 2 is 1.92 bits per heavy atom. The number of anilines is 1. The van der Waals surface area contributed by atoms with Crippen molar-refractivity contribution in [1.29, 1.82) is 0 Å². The Hall–Kier alpha value is -1.15. The summed E-state index contributed by atoms with van der Waals surface area (Å²) in [5.41, 5.74) is 1.89. The van der Waals surface area contributed by atoms with Crippen molar-refractivity contribution < 1.29 is 0 Å². The third-order valence-electron chi connectivity index (χ3n) is 1.42. The van der Waals surface area contributed by atoms with Crippen molar-refractivity contribution >= 4 is 22.9 Å². The zero-order valence-electron chi connectivity index (χ0n) is 7.00. The van der Waals surface area contributed by atoms with Crippen LogP contribution in [0.5, 0.6) is 0 Å². The fraction of sp³-hybridized carbons (Fsp3) is 0.100. The first-order valence-electron chi connectivity index (χ1n) is 3.72. The van der Waals surface area contributed by atoms with Gasteiger partial charge in [0.15, 0.2) is 0 Å². The summed E-state index contributed by atoms with van der Waals surface area (Å²) in [6.45, 7) is 5.63. The molecule has 0 unspecified atom stereocenters. The molecule has 0 aromatic heterocycles. The van der Waals surface area contributed by atoms with E-state index in [9.17, 15) is 0 Å². The normalized spacial score (nSPS) is 9.08. The fourth-order valence-electron chi connectivity index (χ4n) is 0.759. The summed E-state index contributed by atoms with van der Waals surface area (Å²) >= 11 is 5.05. The van der Waals surface area contributed by atoms with Gasteiger partial charge in [0.25, 0.3) is 0 Å². The number of benzene rings is 1. The lowest BCUT2D eigenvalue weighted by molar-refractivity contribution is 1.59. The van der Waals surface area contributed by atoms with Crippen LogP contribution in [0.2, 0.25) is 0 Å². The van der Waals surface area contributed by atoms with Crippen LogP contribution >= 0.6 is 12.2 Å². The highest BCUT2D eigenvalue weighted by molar-refractivity contribution is 7.81. The molecule has 1 aromatic carbocycles. The molecule has 0 saturated carbocycles. The molecule has 1 rings (SSSR count). The van der Waals surface area contributed by atoms with Crippen LogP contribution in [0.4, 0.5) is 5.69 Å². The lowest BCUT2D eigenvalue weighted by Gasteiger charge is -2.05. The van der Waals surface area contributed by atoms with Gasteiger partial charge in [0.1, 0.15) is 4.99 Å². The SMILES string of the molecule is C=C(C)C(=S)Nc1ccccc1. The standard InChI is InChI=1S/C10H11NS/c1-8(2)10(12)11-9-6-4-3-5-7-9/h3-7H,1H2,2H3,(H,11,12). The summed E-state index contributed by atoms with van der Waals surface area (Å²) in [5.74, 6) is 0. The van der Waals surface area contributed by atoms with Crippen molar-refractivity contribution in [2.24, 2.45) is 0 Å². The summed E-state index contributed by atoms with van der Waals surface area (Å²) in [6, 6.07) is 9.83. The first-order valence-corrected chi connectivity index (χ1v) is 4.13. The van der Waals surface area contributed by atoms with Gasteiger partial charge >= 0.3 is 0 Å². The average molecular weight is 177 g/mol. The zero-order chi connectivity index (χ0) is 8.97. The van der Waals surface area contributed by atoms with E-state index in [2.05, 4.69) is 11.9 Å². The van der Waals surface area contributed by atoms with Crippen LogP contribution in [0.15, 0.2) is 42.5 Å². The highest BCUT2D eigenvalue weighted by Crippen LogP contribution is 2.06. The molecule has 1 N–H and O–H groups in total. The van der Waals surface area contributed by atoms with Crippen molar-refractivity contribution in [3.63, 3.8) is 0 Å². The van der Waals surface area contributed by atoms with Crippen LogP contribution in [0, 0.1) is 0 Å². The Kier molecular flexibility index (Phi) is 3.00. The van der Waals surface area contributed by atoms with E-state index in [-0.39, 0.29) is 0 Å². The maximum atomic E-state index is 5.05. The van der Waals surface area contributed by atoms with Crippen LogP contribution in [-0.2, 0) is 0 Å². The number of hydrogen-bond donors (Lipinski definition) is 1. The minimum atomic E-state index is 0.696. The smallest absolute Gasteiger partial charge is 0.106 e. The molecule has 0 saturated heterocycles. The van der Waals surface area contributed by atoms with E-state index in [1.165, 1.54) is 0 Å². The van der Waals surface area contributed by atoms with Gasteiger partial charge in [-0.05, 0) is 24.6 Å². The van der Waals surface area contributed by atoms with Gasteiger partial charge in [0.2, 0.25) is 0 Å². The van der Waals surface area contributed by atoms with Crippen LogP contribution in [-0.4, -0.2) is 4.99 Å². The Morgan fingerprint density at radius 1 is 1.33 bits per heavy atom. The number of thiocarbonyl (C=S) groups is 1. The van der Waals surface area contributed by atoms with Crippen molar-refractivity contribution in [2.75, 3.05) is 5.32 Å². The lowest BCUT2D eigenvalue weighted by atomic mass is 10.3. The van der Waals surface area contributed by atoms with Gasteiger partial charge in [0, 0.05) is 5.69 Å². The van der Waals surface area contributed by atoms with Crippen molar-refractivity contribution in [3.05, 3.63) is 42.5 Å². The van der Waals surface area contributed by atoms with E-state index >= 15 is 0 Å². The lowest BCUT2D eigenvalue weighted by Crippen LogP contribution is -2.08. The summed E-state index contributed by atoms with van der Waals surface area (Å²) in [6.07, 6.45) is 0. The van der Waals surface area contributed by atoms with E-state index in [4.69, 9.17) is 12.2 Å². The Morgan fingerprint density at radius 3 is 2.42 bits per heavy atom. The predicted octanol–water partition coefficient (Wildman–Crippen LogP) is 3.00. The van der Waals surface area contributed by atoms with Gasteiger partial charge in [-0.1, -0.05) is 37.0 Å². The van der Waals surface area contributed by atoms with Gasteiger partial charge in [-0.15, -0.1) is 0 Å². The second-order valence-electron chi connectivity index (χ2n) is 2.60.